The van der Waals surface area contributed by atoms with Crippen LogP contribution in [0.25, 0.3) is 16.9 Å². The van der Waals surface area contributed by atoms with E-state index in [1.165, 1.54) is 4.52 Å². The Hall–Kier alpha value is -2.69. The molecule has 0 aliphatic rings. The molecule has 3 aromatic rings. The van der Waals surface area contributed by atoms with Crippen molar-refractivity contribution in [3.05, 3.63) is 53.3 Å². The van der Waals surface area contributed by atoms with Gasteiger partial charge in [0.2, 0.25) is 0 Å². The first-order valence-corrected chi connectivity index (χ1v) is 6.23. The number of rotatable bonds is 2. The van der Waals surface area contributed by atoms with Crippen LogP contribution < -0.4 is 0 Å². The maximum atomic E-state index is 11.3. The molecule has 0 spiro atoms. The number of hydrogen-bond donors (Lipinski definition) is 1. The van der Waals surface area contributed by atoms with Crippen LogP contribution in [-0.2, 0) is 0 Å². The van der Waals surface area contributed by atoms with Crippen molar-refractivity contribution in [1.82, 2.24) is 14.6 Å². The topological polar surface area (TPSA) is 67.5 Å². The van der Waals surface area contributed by atoms with E-state index in [9.17, 15) is 9.90 Å². The molecule has 20 heavy (non-hydrogen) atoms. The number of aromatic nitrogens is 3. The average Bonchev–Trinajstić information content (AvgIpc) is 2.73. The van der Waals surface area contributed by atoms with E-state index < -0.39 is 5.97 Å². The van der Waals surface area contributed by atoms with Crippen molar-refractivity contribution < 1.29 is 9.90 Å². The third-order valence-electron chi connectivity index (χ3n) is 3.17. The van der Waals surface area contributed by atoms with Crippen LogP contribution in [0.4, 0.5) is 0 Å². The highest BCUT2D eigenvalue weighted by Gasteiger charge is 2.17. The molecule has 0 saturated heterocycles. The van der Waals surface area contributed by atoms with Gasteiger partial charge in [-0.2, -0.15) is 5.10 Å². The third-order valence-corrected chi connectivity index (χ3v) is 3.17. The lowest BCUT2D eigenvalue weighted by Gasteiger charge is -2.03. The van der Waals surface area contributed by atoms with Gasteiger partial charge in [0.25, 0.3) is 0 Å². The molecule has 0 unspecified atom stereocenters. The van der Waals surface area contributed by atoms with E-state index in [4.69, 9.17) is 0 Å². The number of imidazole rings is 1. The highest BCUT2D eigenvalue weighted by molar-refractivity contribution is 5.88. The zero-order valence-corrected chi connectivity index (χ0v) is 11.2. The van der Waals surface area contributed by atoms with Crippen LogP contribution in [0.1, 0.15) is 21.7 Å². The molecule has 0 amide bonds. The van der Waals surface area contributed by atoms with E-state index in [1.54, 1.807) is 13.0 Å². The van der Waals surface area contributed by atoms with E-state index in [1.807, 2.05) is 37.3 Å². The first-order valence-electron chi connectivity index (χ1n) is 6.23. The van der Waals surface area contributed by atoms with Crippen molar-refractivity contribution in [1.29, 1.82) is 0 Å². The Morgan fingerprint density at radius 3 is 2.70 bits per heavy atom. The zero-order chi connectivity index (χ0) is 14.3. The number of nitrogens with zero attached hydrogens (tertiary/aromatic N) is 3. The summed E-state index contributed by atoms with van der Waals surface area (Å²) in [6.45, 7) is 3.68. The minimum absolute atomic E-state index is 0.106. The minimum atomic E-state index is -1.02. The molecule has 1 N–H and O–H groups in total. The van der Waals surface area contributed by atoms with Gasteiger partial charge in [0.1, 0.15) is 0 Å². The van der Waals surface area contributed by atoms with Crippen LogP contribution in [0.2, 0.25) is 0 Å². The Kier molecular flexibility index (Phi) is 2.75. The molecule has 0 radical (unpaired) electrons. The third kappa shape index (κ3) is 1.93. The number of carboxylic acids is 1. The zero-order valence-electron chi connectivity index (χ0n) is 11.2. The molecule has 0 aliphatic heterocycles. The molecule has 5 heteroatoms. The molecule has 0 fully saturated rings. The Morgan fingerprint density at radius 1 is 1.20 bits per heavy atom. The van der Waals surface area contributed by atoms with E-state index in [-0.39, 0.29) is 5.69 Å². The second-order valence-electron chi connectivity index (χ2n) is 4.71. The number of hydrogen-bond acceptors (Lipinski definition) is 3. The number of benzene rings is 1. The lowest BCUT2D eigenvalue weighted by Crippen LogP contribution is -2.06. The molecule has 100 valence electrons. The van der Waals surface area contributed by atoms with Gasteiger partial charge >= 0.3 is 5.97 Å². The molecule has 0 aliphatic carbocycles. The minimum Gasteiger partial charge on any atom is -0.476 e. The number of aromatic carboxylic acids is 1. The van der Waals surface area contributed by atoms with E-state index in [0.29, 0.717) is 11.3 Å². The van der Waals surface area contributed by atoms with Gasteiger partial charge in [0.15, 0.2) is 11.3 Å². The fraction of sp³-hybridized carbons (Fsp3) is 0.133. The monoisotopic (exact) mass is 267 g/mol. The highest BCUT2D eigenvalue weighted by atomic mass is 16.4. The van der Waals surface area contributed by atoms with Crippen LogP contribution in [0, 0.1) is 13.8 Å². The Bertz CT molecular complexity index is 821. The van der Waals surface area contributed by atoms with Gasteiger partial charge in [0.05, 0.1) is 11.4 Å². The van der Waals surface area contributed by atoms with Gasteiger partial charge in [-0.05, 0) is 32.0 Å². The van der Waals surface area contributed by atoms with Crippen LogP contribution >= 0.6 is 0 Å². The van der Waals surface area contributed by atoms with Crippen molar-refractivity contribution >= 4 is 11.6 Å². The van der Waals surface area contributed by atoms with Crippen LogP contribution in [0.15, 0.2) is 36.4 Å². The predicted octanol–water partition coefficient (Wildman–Crippen LogP) is 2.71. The SMILES string of the molecule is Cc1cccc(-c2ccc3nc(C)c(C(=O)O)n3n2)c1. The van der Waals surface area contributed by atoms with Gasteiger partial charge in [-0.1, -0.05) is 23.8 Å². The standard InChI is InChI=1S/C15H13N3O2/c1-9-4-3-5-11(8-9)12-6-7-13-16-10(2)14(15(19)20)18(13)17-12/h3-8H,1-2H3,(H,19,20). The molecule has 5 nitrogen and oxygen atoms in total. The van der Waals surface area contributed by atoms with Crippen LogP contribution in [0.5, 0.6) is 0 Å². The largest absolute Gasteiger partial charge is 0.476 e. The summed E-state index contributed by atoms with van der Waals surface area (Å²) in [7, 11) is 0. The molecule has 0 saturated carbocycles. The molecule has 0 bridgehead atoms. The predicted molar refractivity (Wildman–Crippen MR) is 74.9 cm³/mol. The number of carboxylic acid groups (broad SMARTS) is 1. The van der Waals surface area contributed by atoms with Crippen molar-refractivity contribution in [2.24, 2.45) is 0 Å². The normalized spacial score (nSPS) is 10.9. The first-order chi connectivity index (χ1) is 9.56. The van der Waals surface area contributed by atoms with Gasteiger partial charge in [-0.25, -0.2) is 14.3 Å². The average molecular weight is 267 g/mol. The summed E-state index contributed by atoms with van der Waals surface area (Å²) in [6.07, 6.45) is 0. The van der Waals surface area contributed by atoms with E-state index >= 15 is 0 Å². The van der Waals surface area contributed by atoms with Gasteiger partial charge in [-0.3, -0.25) is 0 Å². The number of aryl methyl sites for hydroxylation is 2. The second kappa shape index (κ2) is 4.45. The Morgan fingerprint density at radius 2 is 2.00 bits per heavy atom. The number of fused-ring (bicyclic) bond motifs is 1. The number of carbonyl (C=O) groups is 1. The molecular weight excluding hydrogens is 254 g/mol. The Labute approximate surface area is 115 Å². The van der Waals surface area contributed by atoms with E-state index in [0.717, 1.165) is 16.8 Å². The summed E-state index contributed by atoms with van der Waals surface area (Å²) in [5.74, 6) is -1.02. The van der Waals surface area contributed by atoms with Crippen molar-refractivity contribution in [3.8, 4) is 11.3 Å². The lowest BCUT2D eigenvalue weighted by atomic mass is 10.1. The van der Waals surface area contributed by atoms with Crippen molar-refractivity contribution in [2.75, 3.05) is 0 Å². The molecule has 3 rings (SSSR count). The lowest BCUT2D eigenvalue weighted by molar-refractivity contribution is 0.0687. The smallest absolute Gasteiger partial charge is 0.356 e. The summed E-state index contributed by atoms with van der Waals surface area (Å²) in [5.41, 5.74) is 3.91. The fourth-order valence-electron chi connectivity index (χ4n) is 2.25. The molecular formula is C15H13N3O2. The van der Waals surface area contributed by atoms with Crippen molar-refractivity contribution in [3.63, 3.8) is 0 Å². The van der Waals surface area contributed by atoms with Crippen LogP contribution in [0.3, 0.4) is 0 Å². The molecule has 2 heterocycles. The highest BCUT2D eigenvalue weighted by Crippen LogP contribution is 2.20. The summed E-state index contributed by atoms with van der Waals surface area (Å²) >= 11 is 0. The summed E-state index contributed by atoms with van der Waals surface area (Å²) in [5, 5.41) is 13.7. The Balaban J connectivity index is 2.24. The van der Waals surface area contributed by atoms with Gasteiger partial charge in [-0.15, -0.1) is 0 Å². The summed E-state index contributed by atoms with van der Waals surface area (Å²) < 4.78 is 1.38. The summed E-state index contributed by atoms with van der Waals surface area (Å²) in [4.78, 5) is 15.5. The maximum absolute atomic E-state index is 11.3. The summed E-state index contributed by atoms with van der Waals surface area (Å²) in [6, 6.07) is 11.6. The molecule has 1 aromatic carbocycles. The maximum Gasteiger partial charge on any atom is 0.356 e. The fourth-order valence-corrected chi connectivity index (χ4v) is 2.25. The van der Waals surface area contributed by atoms with Crippen LogP contribution in [-0.4, -0.2) is 25.7 Å². The van der Waals surface area contributed by atoms with Gasteiger partial charge in [0, 0.05) is 5.56 Å². The molecule has 0 atom stereocenters. The first kappa shape index (κ1) is 12.3. The molecule has 2 aromatic heterocycles. The van der Waals surface area contributed by atoms with Crippen molar-refractivity contribution in [2.45, 2.75) is 13.8 Å². The quantitative estimate of drug-likeness (QED) is 0.775. The van der Waals surface area contributed by atoms with Gasteiger partial charge < -0.3 is 5.11 Å². The second-order valence-corrected chi connectivity index (χ2v) is 4.71. The van der Waals surface area contributed by atoms with E-state index in [2.05, 4.69) is 10.1 Å².